The highest BCUT2D eigenvalue weighted by Crippen LogP contribution is 2.17. The lowest BCUT2D eigenvalue weighted by Gasteiger charge is -2.29. The predicted octanol–water partition coefficient (Wildman–Crippen LogP) is 3.94. The van der Waals surface area contributed by atoms with Crippen LogP contribution >= 0.6 is 0 Å². The van der Waals surface area contributed by atoms with Crippen molar-refractivity contribution in [3.63, 3.8) is 0 Å². The van der Waals surface area contributed by atoms with Crippen molar-refractivity contribution in [2.75, 3.05) is 13.1 Å². The first-order valence-electron chi connectivity index (χ1n) is 12.9. The summed E-state index contributed by atoms with van der Waals surface area (Å²) in [6.45, 7) is 1.91. The van der Waals surface area contributed by atoms with E-state index in [0.717, 1.165) is 11.4 Å². The van der Waals surface area contributed by atoms with Crippen molar-refractivity contribution >= 4 is 11.9 Å². The molecule has 9 nitrogen and oxygen atoms in total. The summed E-state index contributed by atoms with van der Waals surface area (Å²) >= 11 is 0. The second-order valence-electron chi connectivity index (χ2n) is 9.56. The van der Waals surface area contributed by atoms with Gasteiger partial charge in [-0.3, -0.25) is 19.8 Å². The summed E-state index contributed by atoms with van der Waals surface area (Å²) in [6, 6.07) is 24.9. The van der Waals surface area contributed by atoms with Crippen LogP contribution in [0.3, 0.4) is 0 Å². The normalized spacial score (nSPS) is 11.3. The molecule has 4 aromatic rings. The molecule has 0 radical (unpaired) electrons. The third kappa shape index (κ3) is 8.28. The van der Waals surface area contributed by atoms with Crippen LogP contribution in [0.5, 0.6) is 0 Å². The number of aliphatic hydroxyl groups excluding tert-OH is 1. The summed E-state index contributed by atoms with van der Waals surface area (Å²) in [5.74, 6) is -2.01. The zero-order valence-electron chi connectivity index (χ0n) is 22.0. The molecule has 206 valence electrons. The van der Waals surface area contributed by atoms with Gasteiger partial charge in [-0.25, -0.2) is 9.59 Å². The summed E-state index contributed by atoms with van der Waals surface area (Å²) in [6.07, 6.45) is 2.56. The van der Waals surface area contributed by atoms with Gasteiger partial charge in [0.1, 0.15) is 0 Å². The van der Waals surface area contributed by atoms with Gasteiger partial charge < -0.3 is 15.3 Å². The van der Waals surface area contributed by atoms with Crippen molar-refractivity contribution in [3.05, 3.63) is 131 Å². The van der Waals surface area contributed by atoms with E-state index in [1.807, 2.05) is 46.2 Å². The zero-order valence-corrected chi connectivity index (χ0v) is 22.0. The van der Waals surface area contributed by atoms with Gasteiger partial charge in [0.05, 0.1) is 28.6 Å². The highest BCUT2D eigenvalue weighted by molar-refractivity contribution is 5.89. The number of benzene rings is 2. The molecule has 0 unspecified atom stereocenters. The average Bonchev–Trinajstić information content (AvgIpc) is 2.94. The summed E-state index contributed by atoms with van der Waals surface area (Å²) in [5, 5.41) is 30.7. The predicted molar refractivity (Wildman–Crippen MR) is 150 cm³/mol. The van der Waals surface area contributed by atoms with Crippen LogP contribution in [0.4, 0.5) is 0 Å². The number of carboxylic acid groups (broad SMARTS) is 2. The quantitative estimate of drug-likeness (QED) is 0.218. The van der Waals surface area contributed by atoms with E-state index in [4.69, 9.17) is 0 Å². The molecule has 40 heavy (non-hydrogen) atoms. The molecule has 0 saturated carbocycles. The molecular weight excluding hydrogens is 508 g/mol. The van der Waals surface area contributed by atoms with E-state index in [-0.39, 0.29) is 24.2 Å². The summed E-state index contributed by atoms with van der Waals surface area (Å²) in [5.41, 5.74) is 3.29. The lowest BCUT2D eigenvalue weighted by atomic mass is 10.1. The molecule has 4 rings (SSSR count). The standard InChI is InChI=1S/C31H32N4O5/c36-27(21-34(19-25-11-5-7-15-32-25)17-23-9-1-3-13-28(23)30(37)38)22-35(20-26-12-6-8-16-33-26)18-24-10-2-4-14-29(24)31(39)40/h1-16,27,36H,17-22H2,(H,37,38)(H,39,40). The van der Waals surface area contributed by atoms with E-state index in [9.17, 15) is 24.9 Å². The Morgan fingerprint density at radius 3 is 1.38 bits per heavy atom. The van der Waals surface area contributed by atoms with Crippen molar-refractivity contribution in [1.29, 1.82) is 0 Å². The van der Waals surface area contributed by atoms with Gasteiger partial charge in [-0.1, -0.05) is 48.5 Å². The second-order valence-corrected chi connectivity index (χ2v) is 9.56. The third-order valence-corrected chi connectivity index (χ3v) is 6.44. The Labute approximate surface area is 233 Å². The van der Waals surface area contributed by atoms with Gasteiger partial charge in [0.25, 0.3) is 0 Å². The van der Waals surface area contributed by atoms with Crippen molar-refractivity contribution in [2.45, 2.75) is 32.3 Å². The minimum atomic E-state index is -1.01. The second kappa shape index (κ2) is 14.1. The van der Waals surface area contributed by atoms with Crippen LogP contribution in [0.25, 0.3) is 0 Å². The van der Waals surface area contributed by atoms with Gasteiger partial charge in [0.2, 0.25) is 0 Å². The molecule has 0 spiro atoms. The smallest absolute Gasteiger partial charge is 0.336 e. The van der Waals surface area contributed by atoms with E-state index in [1.54, 1.807) is 60.9 Å². The highest BCUT2D eigenvalue weighted by atomic mass is 16.4. The molecule has 2 heterocycles. The number of aromatic nitrogens is 2. The van der Waals surface area contributed by atoms with Gasteiger partial charge in [-0.05, 0) is 47.5 Å². The highest BCUT2D eigenvalue weighted by Gasteiger charge is 2.21. The van der Waals surface area contributed by atoms with Crippen LogP contribution in [-0.4, -0.2) is 66.2 Å². The van der Waals surface area contributed by atoms with Crippen LogP contribution < -0.4 is 0 Å². The molecule has 0 amide bonds. The number of carboxylic acids is 2. The molecule has 0 atom stereocenters. The van der Waals surface area contributed by atoms with Crippen LogP contribution in [-0.2, 0) is 26.2 Å². The maximum atomic E-state index is 11.8. The van der Waals surface area contributed by atoms with E-state index in [1.165, 1.54) is 0 Å². The van der Waals surface area contributed by atoms with Gasteiger partial charge in [0.15, 0.2) is 0 Å². The van der Waals surface area contributed by atoms with E-state index in [0.29, 0.717) is 37.3 Å². The molecule has 0 aliphatic carbocycles. The fourth-order valence-corrected chi connectivity index (χ4v) is 4.68. The number of nitrogens with zero attached hydrogens (tertiary/aromatic N) is 4. The molecule has 3 N–H and O–H groups in total. The SMILES string of the molecule is O=C(O)c1ccccc1CN(Cc1ccccn1)CC(O)CN(Cc1ccccn1)Cc1ccccc1C(=O)O. The maximum Gasteiger partial charge on any atom is 0.336 e. The van der Waals surface area contributed by atoms with Crippen molar-refractivity contribution in [1.82, 2.24) is 19.8 Å². The minimum Gasteiger partial charge on any atom is -0.478 e. The average molecular weight is 541 g/mol. The van der Waals surface area contributed by atoms with E-state index in [2.05, 4.69) is 9.97 Å². The first-order chi connectivity index (χ1) is 19.4. The van der Waals surface area contributed by atoms with Crippen LogP contribution in [0.1, 0.15) is 43.2 Å². The van der Waals surface area contributed by atoms with Gasteiger partial charge >= 0.3 is 11.9 Å². The third-order valence-electron chi connectivity index (χ3n) is 6.44. The van der Waals surface area contributed by atoms with E-state index >= 15 is 0 Å². The van der Waals surface area contributed by atoms with Crippen LogP contribution in [0.15, 0.2) is 97.3 Å². The first kappa shape index (κ1) is 28.6. The topological polar surface area (TPSA) is 127 Å². The number of carbonyl (C=O) groups is 2. The molecule has 0 saturated heterocycles. The molecule has 2 aromatic heterocycles. The van der Waals surface area contributed by atoms with Crippen molar-refractivity contribution < 1.29 is 24.9 Å². The van der Waals surface area contributed by atoms with Gasteiger partial charge in [-0.15, -0.1) is 0 Å². The lowest BCUT2D eigenvalue weighted by Crippen LogP contribution is -2.40. The fraction of sp³-hybridized carbons (Fsp3) is 0.226. The number of aromatic carboxylic acids is 2. The number of aliphatic hydroxyl groups is 1. The van der Waals surface area contributed by atoms with Gasteiger partial charge in [-0.2, -0.15) is 0 Å². The molecule has 0 fully saturated rings. The van der Waals surface area contributed by atoms with Gasteiger partial charge in [0, 0.05) is 51.7 Å². The van der Waals surface area contributed by atoms with Crippen LogP contribution in [0, 0.1) is 0 Å². The Morgan fingerprint density at radius 1 is 0.600 bits per heavy atom. The Morgan fingerprint density at radius 2 is 1.00 bits per heavy atom. The number of hydrogen-bond acceptors (Lipinski definition) is 7. The Balaban J connectivity index is 1.55. The van der Waals surface area contributed by atoms with E-state index < -0.39 is 18.0 Å². The number of hydrogen-bond donors (Lipinski definition) is 3. The minimum absolute atomic E-state index is 0.213. The Bertz CT molecular complexity index is 1290. The molecule has 0 aliphatic heterocycles. The molecule has 2 aromatic carbocycles. The lowest BCUT2D eigenvalue weighted by molar-refractivity contribution is 0.0612. The number of rotatable bonds is 14. The van der Waals surface area contributed by atoms with Crippen LogP contribution in [0.2, 0.25) is 0 Å². The summed E-state index contributed by atoms with van der Waals surface area (Å²) < 4.78 is 0. The van der Waals surface area contributed by atoms with Crippen molar-refractivity contribution in [3.8, 4) is 0 Å². The monoisotopic (exact) mass is 540 g/mol. The summed E-state index contributed by atoms with van der Waals surface area (Å²) in [7, 11) is 0. The molecule has 0 aliphatic rings. The Hall–Kier alpha value is -4.44. The largest absolute Gasteiger partial charge is 0.478 e. The Kier molecular flexibility index (Phi) is 10.1. The molecule has 0 bridgehead atoms. The molecule has 9 heteroatoms. The molecular formula is C31H32N4O5. The fourth-order valence-electron chi connectivity index (χ4n) is 4.68. The number of pyridine rings is 2. The zero-order chi connectivity index (χ0) is 28.3. The summed E-state index contributed by atoms with van der Waals surface area (Å²) in [4.78, 5) is 36.4. The van der Waals surface area contributed by atoms with Crippen molar-refractivity contribution in [2.24, 2.45) is 0 Å². The first-order valence-corrected chi connectivity index (χ1v) is 12.9. The maximum absolute atomic E-state index is 11.8.